The number of anilines is 2. The maximum atomic E-state index is 12.6. The van der Waals surface area contributed by atoms with Crippen molar-refractivity contribution in [2.24, 2.45) is 11.8 Å². The molecule has 2 aromatic rings. The van der Waals surface area contributed by atoms with E-state index in [-0.39, 0.29) is 18.5 Å². The van der Waals surface area contributed by atoms with E-state index in [9.17, 15) is 9.59 Å². The minimum Gasteiger partial charge on any atom is -0.462 e. The summed E-state index contributed by atoms with van der Waals surface area (Å²) in [6.07, 6.45) is 14.2. The van der Waals surface area contributed by atoms with Crippen LogP contribution < -0.4 is 16.2 Å². The Balaban J connectivity index is 1.37. The molecule has 4 N–H and O–H groups in total. The molecule has 0 atom stereocenters. The van der Waals surface area contributed by atoms with E-state index in [0.29, 0.717) is 23.5 Å². The average Bonchev–Trinajstić information content (AvgIpc) is 2.88. The van der Waals surface area contributed by atoms with Gasteiger partial charge in [0.25, 0.3) is 0 Å². The number of carbonyl (C=O) groups is 2. The molecule has 3 rings (SSSR count). The van der Waals surface area contributed by atoms with Gasteiger partial charge in [-0.15, -0.1) is 0 Å². The lowest BCUT2D eigenvalue weighted by Crippen LogP contribution is -2.25. The first-order valence-corrected chi connectivity index (χ1v) is 13.2. The van der Waals surface area contributed by atoms with Crippen molar-refractivity contribution in [2.45, 2.75) is 71.1 Å². The average molecular weight is 493 g/mol. The molecule has 6 nitrogen and oxygen atoms in total. The van der Waals surface area contributed by atoms with E-state index in [0.717, 1.165) is 42.7 Å². The molecule has 1 aliphatic rings. The Bertz CT molecular complexity index is 1010. The van der Waals surface area contributed by atoms with Gasteiger partial charge in [0.1, 0.15) is 5.75 Å². The molecular formula is C30H40N2O4. The Labute approximate surface area is 215 Å². The molecule has 194 valence electrons. The summed E-state index contributed by atoms with van der Waals surface area (Å²) in [4.78, 5) is 24.6. The molecule has 0 heterocycles. The molecule has 0 saturated heterocycles. The standard InChI is InChI=1S/C30H40N2O4/c1-2-3-4-5-6-22-7-12-24(13-8-22)30(34)36-27-15-9-23(10-16-27)11-18-29(33)35-20-19-25-21-26(31)14-17-28(25)32/h9-11,14-18,21-22,24H,2-8,12-13,19-20,31-32H2,1H3. The Morgan fingerprint density at radius 1 is 0.972 bits per heavy atom. The number of rotatable bonds is 12. The van der Waals surface area contributed by atoms with Crippen LogP contribution in [-0.4, -0.2) is 18.5 Å². The Morgan fingerprint density at radius 3 is 2.44 bits per heavy atom. The maximum absolute atomic E-state index is 12.6. The smallest absolute Gasteiger partial charge is 0.330 e. The van der Waals surface area contributed by atoms with Crippen molar-refractivity contribution < 1.29 is 19.1 Å². The fraction of sp³-hybridized carbons (Fsp3) is 0.467. The number of carbonyl (C=O) groups excluding carboxylic acids is 2. The third-order valence-corrected chi connectivity index (χ3v) is 6.94. The van der Waals surface area contributed by atoms with Crippen LogP contribution in [0.25, 0.3) is 6.08 Å². The van der Waals surface area contributed by atoms with Gasteiger partial charge in [-0.3, -0.25) is 4.79 Å². The van der Waals surface area contributed by atoms with E-state index in [1.54, 1.807) is 36.4 Å². The number of nitrogen functional groups attached to an aromatic ring is 2. The van der Waals surface area contributed by atoms with E-state index in [4.69, 9.17) is 20.9 Å². The van der Waals surface area contributed by atoms with Crippen LogP contribution in [0.4, 0.5) is 11.4 Å². The highest BCUT2D eigenvalue weighted by Gasteiger charge is 2.27. The number of esters is 2. The molecule has 6 heteroatoms. The normalized spacial score (nSPS) is 17.7. The second-order valence-corrected chi connectivity index (χ2v) is 9.77. The minimum absolute atomic E-state index is 0.00564. The Morgan fingerprint density at radius 2 is 1.72 bits per heavy atom. The lowest BCUT2D eigenvalue weighted by molar-refractivity contribution is -0.140. The highest BCUT2D eigenvalue weighted by Crippen LogP contribution is 2.33. The van der Waals surface area contributed by atoms with Crippen molar-refractivity contribution in [1.29, 1.82) is 0 Å². The van der Waals surface area contributed by atoms with Crippen molar-refractivity contribution in [3.8, 4) is 5.75 Å². The molecule has 0 radical (unpaired) electrons. The molecule has 0 spiro atoms. The fourth-order valence-corrected chi connectivity index (χ4v) is 4.71. The molecule has 0 aromatic heterocycles. The van der Waals surface area contributed by atoms with Gasteiger partial charge < -0.3 is 20.9 Å². The monoisotopic (exact) mass is 492 g/mol. The number of hydrogen-bond acceptors (Lipinski definition) is 6. The third kappa shape index (κ3) is 9.06. The molecule has 2 aromatic carbocycles. The highest BCUT2D eigenvalue weighted by atomic mass is 16.5. The number of unbranched alkanes of at least 4 members (excludes halogenated alkanes) is 3. The molecule has 1 fully saturated rings. The van der Waals surface area contributed by atoms with Gasteiger partial charge in [0.15, 0.2) is 0 Å². The predicted molar refractivity (Wildman–Crippen MR) is 145 cm³/mol. The van der Waals surface area contributed by atoms with E-state index in [1.807, 2.05) is 12.1 Å². The molecule has 0 unspecified atom stereocenters. The summed E-state index contributed by atoms with van der Waals surface area (Å²) >= 11 is 0. The third-order valence-electron chi connectivity index (χ3n) is 6.94. The lowest BCUT2D eigenvalue weighted by Gasteiger charge is -2.27. The van der Waals surface area contributed by atoms with Crippen LogP contribution in [0.2, 0.25) is 0 Å². The second kappa shape index (κ2) is 14.3. The van der Waals surface area contributed by atoms with Crippen molar-refractivity contribution in [3.05, 3.63) is 59.7 Å². The van der Waals surface area contributed by atoms with Crippen LogP contribution in [-0.2, 0) is 20.7 Å². The quantitative estimate of drug-likeness (QED) is 0.118. The Hall–Kier alpha value is -3.28. The number of benzene rings is 2. The predicted octanol–water partition coefficient (Wildman–Crippen LogP) is 6.33. The van der Waals surface area contributed by atoms with Gasteiger partial charge >= 0.3 is 11.9 Å². The number of ether oxygens (including phenoxy) is 2. The molecule has 0 bridgehead atoms. The summed E-state index contributed by atoms with van der Waals surface area (Å²) in [5.74, 6) is 0.718. The number of hydrogen-bond donors (Lipinski definition) is 2. The van der Waals surface area contributed by atoms with Crippen LogP contribution in [0, 0.1) is 11.8 Å². The first-order valence-electron chi connectivity index (χ1n) is 13.2. The molecule has 1 saturated carbocycles. The second-order valence-electron chi connectivity index (χ2n) is 9.77. The van der Waals surface area contributed by atoms with Crippen LogP contribution in [0.5, 0.6) is 5.75 Å². The van der Waals surface area contributed by atoms with Crippen LogP contribution in [0.3, 0.4) is 0 Å². The van der Waals surface area contributed by atoms with Crippen molar-refractivity contribution in [3.63, 3.8) is 0 Å². The molecule has 36 heavy (non-hydrogen) atoms. The number of nitrogens with two attached hydrogens (primary N) is 2. The molecule has 0 aliphatic heterocycles. The zero-order valence-electron chi connectivity index (χ0n) is 21.4. The first-order chi connectivity index (χ1) is 17.4. The van der Waals surface area contributed by atoms with Crippen molar-refractivity contribution in [2.75, 3.05) is 18.1 Å². The minimum atomic E-state index is -0.436. The fourth-order valence-electron chi connectivity index (χ4n) is 4.71. The molecular weight excluding hydrogens is 452 g/mol. The van der Waals surface area contributed by atoms with E-state index in [2.05, 4.69) is 6.92 Å². The van der Waals surface area contributed by atoms with Gasteiger partial charge in [-0.25, -0.2) is 4.79 Å². The summed E-state index contributed by atoms with van der Waals surface area (Å²) in [6, 6.07) is 12.4. The summed E-state index contributed by atoms with van der Waals surface area (Å²) in [6.45, 7) is 2.45. The van der Waals surface area contributed by atoms with Gasteiger partial charge in [-0.05, 0) is 79.1 Å². The largest absolute Gasteiger partial charge is 0.462 e. The maximum Gasteiger partial charge on any atom is 0.330 e. The van der Waals surface area contributed by atoms with Gasteiger partial charge in [0.05, 0.1) is 12.5 Å². The van der Waals surface area contributed by atoms with Gasteiger partial charge in [-0.2, -0.15) is 0 Å². The summed E-state index contributed by atoms with van der Waals surface area (Å²) in [5, 5.41) is 0. The molecule has 1 aliphatic carbocycles. The van der Waals surface area contributed by atoms with Crippen LogP contribution >= 0.6 is 0 Å². The Kier molecular flexibility index (Phi) is 10.9. The topological polar surface area (TPSA) is 105 Å². The first kappa shape index (κ1) is 27.3. The zero-order chi connectivity index (χ0) is 25.8. The lowest BCUT2D eigenvalue weighted by atomic mass is 9.80. The van der Waals surface area contributed by atoms with Gasteiger partial charge in [0, 0.05) is 23.9 Å². The van der Waals surface area contributed by atoms with Gasteiger partial charge in [-0.1, -0.05) is 51.2 Å². The summed E-state index contributed by atoms with van der Waals surface area (Å²) < 4.78 is 10.9. The van der Waals surface area contributed by atoms with Crippen LogP contribution in [0.15, 0.2) is 48.5 Å². The van der Waals surface area contributed by atoms with E-state index < -0.39 is 5.97 Å². The summed E-state index contributed by atoms with van der Waals surface area (Å²) in [5.41, 5.74) is 14.6. The summed E-state index contributed by atoms with van der Waals surface area (Å²) in [7, 11) is 0. The molecule has 0 amide bonds. The van der Waals surface area contributed by atoms with Crippen LogP contribution in [0.1, 0.15) is 75.8 Å². The highest BCUT2D eigenvalue weighted by molar-refractivity contribution is 5.87. The van der Waals surface area contributed by atoms with Crippen molar-refractivity contribution in [1.82, 2.24) is 0 Å². The SMILES string of the molecule is CCCCCCC1CCC(C(=O)Oc2ccc(C=CC(=O)OCCc3cc(N)ccc3N)cc2)CC1. The van der Waals surface area contributed by atoms with Gasteiger partial charge in [0.2, 0.25) is 0 Å². The van der Waals surface area contributed by atoms with Crippen molar-refractivity contribution >= 4 is 29.4 Å². The van der Waals surface area contributed by atoms with E-state index in [1.165, 1.54) is 38.2 Å². The zero-order valence-corrected chi connectivity index (χ0v) is 21.4. The van der Waals surface area contributed by atoms with E-state index >= 15 is 0 Å².